The van der Waals surface area contributed by atoms with E-state index in [1.165, 1.54) is 6.42 Å². The molecule has 1 aliphatic carbocycles. The van der Waals surface area contributed by atoms with E-state index in [4.69, 9.17) is 4.74 Å². The number of rotatable bonds is 2. The van der Waals surface area contributed by atoms with E-state index in [0.29, 0.717) is 6.47 Å². The van der Waals surface area contributed by atoms with Crippen LogP contribution in [-0.4, -0.2) is 12.1 Å². The SMILES string of the molecule is CC1(OC=O)CCC1. The first-order valence-electron chi connectivity index (χ1n) is 2.88. The van der Waals surface area contributed by atoms with Gasteiger partial charge in [0.05, 0.1) is 0 Å². The van der Waals surface area contributed by atoms with Gasteiger partial charge in [-0.3, -0.25) is 4.79 Å². The Balaban J connectivity index is 2.29. The van der Waals surface area contributed by atoms with Crippen LogP contribution in [0.3, 0.4) is 0 Å². The summed E-state index contributed by atoms with van der Waals surface area (Å²) in [6, 6.07) is 0. The maximum atomic E-state index is 9.79. The lowest BCUT2D eigenvalue weighted by molar-refractivity contribution is -0.149. The Morgan fingerprint density at radius 3 is 2.38 bits per heavy atom. The second-order valence-corrected chi connectivity index (χ2v) is 2.52. The summed E-state index contributed by atoms with van der Waals surface area (Å²) in [6.07, 6.45) is 3.27. The molecular formula is C6H10O2. The third-order valence-corrected chi connectivity index (χ3v) is 1.74. The fourth-order valence-corrected chi connectivity index (χ4v) is 0.909. The van der Waals surface area contributed by atoms with Crippen LogP contribution in [0.15, 0.2) is 0 Å². The van der Waals surface area contributed by atoms with E-state index in [1.54, 1.807) is 0 Å². The van der Waals surface area contributed by atoms with Gasteiger partial charge in [-0.05, 0) is 26.2 Å². The topological polar surface area (TPSA) is 26.3 Å². The number of carbonyl (C=O) groups is 1. The van der Waals surface area contributed by atoms with Gasteiger partial charge in [0.25, 0.3) is 6.47 Å². The van der Waals surface area contributed by atoms with Crippen molar-refractivity contribution in [1.29, 1.82) is 0 Å². The van der Waals surface area contributed by atoms with Crippen LogP contribution in [0.25, 0.3) is 0 Å². The Kier molecular flexibility index (Phi) is 1.24. The Bertz CT molecular complexity index is 94.7. The lowest BCUT2D eigenvalue weighted by atomic mass is 9.82. The van der Waals surface area contributed by atoms with Gasteiger partial charge in [-0.1, -0.05) is 0 Å². The summed E-state index contributed by atoms with van der Waals surface area (Å²) in [7, 11) is 0. The van der Waals surface area contributed by atoms with Crippen LogP contribution in [0.1, 0.15) is 26.2 Å². The van der Waals surface area contributed by atoms with Gasteiger partial charge >= 0.3 is 0 Å². The van der Waals surface area contributed by atoms with Crippen LogP contribution >= 0.6 is 0 Å². The summed E-state index contributed by atoms with van der Waals surface area (Å²) < 4.78 is 4.78. The lowest BCUT2D eigenvalue weighted by Crippen LogP contribution is -2.35. The molecule has 0 radical (unpaired) electrons. The van der Waals surface area contributed by atoms with E-state index in [9.17, 15) is 4.79 Å². The van der Waals surface area contributed by atoms with Gasteiger partial charge in [-0.2, -0.15) is 0 Å². The Morgan fingerprint density at radius 2 is 2.25 bits per heavy atom. The molecule has 0 saturated heterocycles. The largest absolute Gasteiger partial charge is 0.462 e. The van der Waals surface area contributed by atoms with E-state index < -0.39 is 0 Å². The van der Waals surface area contributed by atoms with E-state index in [1.807, 2.05) is 6.92 Å². The van der Waals surface area contributed by atoms with Crippen molar-refractivity contribution in [2.45, 2.75) is 31.8 Å². The van der Waals surface area contributed by atoms with Gasteiger partial charge in [0.2, 0.25) is 0 Å². The van der Waals surface area contributed by atoms with Gasteiger partial charge in [-0.25, -0.2) is 0 Å². The van der Waals surface area contributed by atoms with Crippen LogP contribution in [0.5, 0.6) is 0 Å². The molecule has 0 heterocycles. The molecule has 1 fully saturated rings. The van der Waals surface area contributed by atoms with Crippen LogP contribution < -0.4 is 0 Å². The van der Waals surface area contributed by atoms with Crippen molar-refractivity contribution < 1.29 is 9.53 Å². The lowest BCUT2D eigenvalue weighted by Gasteiger charge is -2.35. The van der Waals surface area contributed by atoms with Gasteiger partial charge < -0.3 is 4.74 Å². The smallest absolute Gasteiger partial charge is 0.293 e. The average Bonchev–Trinajstić information content (AvgIpc) is 1.64. The van der Waals surface area contributed by atoms with E-state index >= 15 is 0 Å². The number of hydrogen-bond acceptors (Lipinski definition) is 2. The molecule has 0 unspecified atom stereocenters. The van der Waals surface area contributed by atoms with Gasteiger partial charge in [0, 0.05) is 0 Å². The van der Waals surface area contributed by atoms with E-state index in [0.717, 1.165) is 12.8 Å². The first kappa shape index (κ1) is 5.60. The molecule has 0 aromatic rings. The summed E-state index contributed by atoms with van der Waals surface area (Å²) in [6.45, 7) is 2.50. The summed E-state index contributed by atoms with van der Waals surface area (Å²) in [5.74, 6) is 0. The first-order valence-corrected chi connectivity index (χ1v) is 2.88. The van der Waals surface area contributed by atoms with Gasteiger partial charge in [-0.15, -0.1) is 0 Å². The molecule has 0 spiro atoms. The highest BCUT2D eigenvalue weighted by Gasteiger charge is 2.33. The quantitative estimate of drug-likeness (QED) is 0.502. The fourth-order valence-electron chi connectivity index (χ4n) is 0.909. The molecular weight excluding hydrogens is 104 g/mol. The fraction of sp³-hybridized carbons (Fsp3) is 0.833. The zero-order valence-electron chi connectivity index (χ0n) is 5.02. The molecule has 8 heavy (non-hydrogen) atoms. The first-order chi connectivity index (χ1) is 3.77. The number of carbonyl (C=O) groups excluding carboxylic acids is 1. The molecule has 1 saturated carbocycles. The average molecular weight is 114 g/mol. The molecule has 0 aliphatic heterocycles. The third-order valence-electron chi connectivity index (χ3n) is 1.74. The zero-order chi connectivity index (χ0) is 6.04. The molecule has 0 N–H and O–H groups in total. The minimum atomic E-state index is -0.0955. The minimum absolute atomic E-state index is 0.0955. The monoisotopic (exact) mass is 114 g/mol. The van der Waals surface area contributed by atoms with Crippen molar-refractivity contribution in [2.75, 3.05) is 0 Å². The highest BCUT2D eigenvalue weighted by molar-refractivity contribution is 5.38. The van der Waals surface area contributed by atoms with E-state index in [-0.39, 0.29) is 5.60 Å². The maximum absolute atomic E-state index is 9.79. The molecule has 0 atom stereocenters. The standard InChI is InChI=1S/C6H10O2/c1-6(8-5-7)3-2-4-6/h5H,2-4H2,1H3. The van der Waals surface area contributed by atoms with Gasteiger partial charge in [0.1, 0.15) is 5.60 Å². The van der Waals surface area contributed by atoms with Crippen molar-refractivity contribution in [3.63, 3.8) is 0 Å². The molecule has 0 amide bonds. The molecule has 46 valence electrons. The van der Waals surface area contributed by atoms with Crippen LogP contribution in [-0.2, 0) is 9.53 Å². The molecule has 0 aromatic carbocycles. The second-order valence-electron chi connectivity index (χ2n) is 2.52. The summed E-state index contributed by atoms with van der Waals surface area (Å²) in [5, 5.41) is 0. The summed E-state index contributed by atoms with van der Waals surface area (Å²) >= 11 is 0. The normalized spacial score (nSPS) is 23.6. The third kappa shape index (κ3) is 0.831. The molecule has 0 aromatic heterocycles. The van der Waals surface area contributed by atoms with Gasteiger partial charge in [0.15, 0.2) is 0 Å². The number of hydrogen-bond donors (Lipinski definition) is 0. The highest BCUT2D eigenvalue weighted by atomic mass is 16.5. The van der Waals surface area contributed by atoms with Crippen molar-refractivity contribution >= 4 is 6.47 Å². The Labute approximate surface area is 48.8 Å². The van der Waals surface area contributed by atoms with Crippen molar-refractivity contribution in [1.82, 2.24) is 0 Å². The molecule has 1 aliphatic rings. The zero-order valence-corrected chi connectivity index (χ0v) is 5.02. The van der Waals surface area contributed by atoms with Crippen LogP contribution in [0.4, 0.5) is 0 Å². The second kappa shape index (κ2) is 1.77. The minimum Gasteiger partial charge on any atom is -0.462 e. The predicted octanol–water partition coefficient (Wildman–Crippen LogP) is 1.10. The molecule has 0 bridgehead atoms. The van der Waals surface area contributed by atoms with Crippen LogP contribution in [0, 0.1) is 0 Å². The molecule has 2 heteroatoms. The summed E-state index contributed by atoms with van der Waals surface area (Å²) in [5.41, 5.74) is -0.0955. The maximum Gasteiger partial charge on any atom is 0.293 e. The van der Waals surface area contributed by atoms with E-state index in [2.05, 4.69) is 0 Å². The highest BCUT2D eigenvalue weighted by Crippen LogP contribution is 2.33. The van der Waals surface area contributed by atoms with Crippen molar-refractivity contribution in [2.24, 2.45) is 0 Å². The summed E-state index contributed by atoms with van der Waals surface area (Å²) in [4.78, 5) is 9.79. The molecule has 1 rings (SSSR count). The number of ether oxygens (including phenoxy) is 1. The van der Waals surface area contributed by atoms with Crippen molar-refractivity contribution in [3.8, 4) is 0 Å². The Morgan fingerprint density at radius 1 is 1.62 bits per heavy atom. The molecule has 2 nitrogen and oxygen atoms in total. The van der Waals surface area contributed by atoms with Crippen molar-refractivity contribution in [3.05, 3.63) is 0 Å². The van der Waals surface area contributed by atoms with Crippen LogP contribution in [0.2, 0.25) is 0 Å². The predicted molar refractivity (Wildman–Crippen MR) is 29.4 cm³/mol. The Hall–Kier alpha value is -0.530.